The van der Waals surface area contributed by atoms with Gasteiger partial charge in [0.1, 0.15) is 35.5 Å². The molecule has 1 saturated heterocycles. The highest BCUT2D eigenvalue weighted by molar-refractivity contribution is 6.00. The number of benzene rings is 2. The van der Waals surface area contributed by atoms with E-state index in [0.717, 1.165) is 18.2 Å². The van der Waals surface area contributed by atoms with Crippen LogP contribution in [-0.2, 0) is 11.2 Å². The largest absolute Gasteiger partial charge is 0.490 e. The molecule has 0 spiro atoms. The molecule has 35 heavy (non-hydrogen) atoms. The van der Waals surface area contributed by atoms with Crippen molar-refractivity contribution in [1.82, 2.24) is 4.90 Å². The molecule has 5 rings (SSSR count). The minimum atomic E-state index is -4.57. The molecule has 0 bridgehead atoms. The van der Waals surface area contributed by atoms with Crippen LogP contribution in [0.5, 0.6) is 17.2 Å². The first-order valence-electron chi connectivity index (χ1n) is 11.5. The lowest BCUT2D eigenvalue weighted by molar-refractivity contribution is -0.189. The monoisotopic (exact) mass is 490 g/mol. The van der Waals surface area contributed by atoms with Crippen LogP contribution in [0.1, 0.15) is 41.3 Å². The van der Waals surface area contributed by atoms with Gasteiger partial charge in [0, 0.05) is 24.6 Å². The number of fused-ring (bicyclic) bond motifs is 3. The molecule has 3 heterocycles. The molecule has 3 atom stereocenters. The molecule has 7 nitrogen and oxygen atoms in total. The van der Waals surface area contributed by atoms with E-state index in [-0.39, 0.29) is 48.3 Å². The summed E-state index contributed by atoms with van der Waals surface area (Å²) in [6.07, 6.45) is -5.38. The molecule has 3 aliphatic rings. The van der Waals surface area contributed by atoms with Crippen molar-refractivity contribution in [3.8, 4) is 17.2 Å². The number of rotatable bonds is 4. The Balaban J connectivity index is 1.36. The third-order valence-corrected chi connectivity index (χ3v) is 6.54. The fourth-order valence-corrected chi connectivity index (χ4v) is 4.71. The molecule has 10 heteroatoms. The Morgan fingerprint density at radius 3 is 2.74 bits per heavy atom. The Labute approximate surface area is 200 Å². The van der Waals surface area contributed by atoms with E-state index in [4.69, 9.17) is 14.2 Å². The maximum absolute atomic E-state index is 13.5. The summed E-state index contributed by atoms with van der Waals surface area (Å²) >= 11 is 0. The van der Waals surface area contributed by atoms with E-state index in [2.05, 4.69) is 5.32 Å². The highest BCUT2D eigenvalue weighted by Crippen LogP contribution is 2.39. The Kier molecular flexibility index (Phi) is 5.77. The van der Waals surface area contributed by atoms with Gasteiger partial charge in [0.2, 0.25) is 5.91 Å². The summed E-state index contributed by atoms with van der Waals surface area (Å²) in [4.78, 5) is 26.8. The summed E-state index contributed by atoms with van der Waals surface area (Å²) in [6, 6.07) is 8.28. The molecule has 0 aromatic heterocycles. The van der Waals surface area contributed by atoms with Crippen LogP contribution in [0.15, 0.2) is 30.3 Å². The van der Waals surface area contributed by atoms with Crippen molar-refractivity contribution in [2.75, 3.05) is 18.5 Å². The van der Waals surface area contributed by atoms with Crippen LogP contribution in [-0.4, -0.2) is 54.3 Å². The second kappa shape index (κ2) is 8.66. The molecule has 1 fully saturated rings. The zero-order valence-electron chi connectivity index (χ0n) is 19.3. The normalized spacial score (nSPS) is 22.3. The van der Waals surface area contributed by atoms with Gasteiger partial charge in [0.25, 0.3) is 5.91 Å². The van der Waals surface area contributed by atoms with Crippen LogP contribution in [0.4, 0.5) is 18.9 Å². The van der Waals surface area contributed by atoms with Gasteiger partial charge in [0.05, 0.1) is 12.6 Å². The summed E-state index contributed by atoms with van der Waals surface area (Å²) in [7, 11) is 0. The standard InChI is InChI=1S/C25H25F3N2O5/c1-13-7-20-23(21(8-13)34-14(2)25(26,27)28)24(32)30-11-18(9-16(30)12-33-20)35-17-5-3-15-4-6-22(31)29-19(15)10-17/h3,5,7-8,10,14,16,18H,4,6,9,11-12H2,1-2H3,(H,29,31)/t14-,16-,18+/m1/s1. The zero-order chi connectivity index (χ0) is 24.9. The average Bonchev–Trinajstić information content (AvgIpc) is 3.13. The third kappa shape index (κ3) is 4.61. The number of carbonyl (C=O) groups is 2. The van der Waals surface area contributed by atoms with E-state index >= 15 is 0 Å². The number of hydrogen-bond acceptors (Lipinski definition) is 5. The zero-order valence-corrected chi connectivity index (χ0v) is 19.3. The molecule has 0 unspecified atom stereocenters. The number of nitrogens with one attached hydrogen (secondary N) is 1. The molecular weight excluding hydrogens is 465 g/mol. The van der Waals surface area contributed by atoms with Crippen molar-refractivity contribution in [2.45, 2.75) is 57.5 Å². The summed E-state index contributed by atoms with van der Waals surface area (Å²) < 4.78 is 56.7. The molecular formula is C25H25F3N2O5. The maximum atomic E-state index is 13.5. The number of carbonyl (C=O) groups excluding carboxylic acids is 2. The molecule has 2 aromatic carbocycles. The van der Waals surface area contributed by atoms with Crippen molar-refractivity contribution in [3.05, 3.63) is 47.0 Å². The second-order valence-corrected chi connectivity index (χ2v) is 9.20. The van der Waals surface area contributed by atoms with Gasteiger partial charge in [-0.15, -0.1) is 0 Å². The second-order valence-electron chi connectivity index (χ2n) is 9.20. The SMILES string of the molecule is Cc1cc2c(c(O[C@H](C)C(F)(F)F)c1)C(=O)N1C[C@@H](Oc3ccc4c(c3)NC(=O)CC4)C[C@@H]1CO2. The van der Waals surface area contributed by atoms with Crippen LogP contribution in [0.3, 0.4) is 0 Å². The quantitative estimate of drug-likeness (QED) is 0.693. The Morgan fingerprint density at radius 2 is 1.97 bits per heavy atom. The summed E-state index contributed by atoms with van der Waals surface area (Å²) in [5.41, 5.74) is 2.37. The number of alkyl halides is 3. The van der Waals surface area contributed by atoms with Crippen molar-refractivity contribution >= 4 is 17.5 Å². The number of anilines is 1. The molecule has 2 aromatic rings. The lowest BCUT2D eigenvalue weighted by Gasteiger charge is -2.23. The lowest BCUT2D eigenvalue weighted by atomic mass is 10.0. The lowest BCUT2D eigenvalue weighted by Crippen LogP contribution is -2.37. The first kappa shape index (κ1) is 23.3. The van der Waals surface area contributed by atoms with Crippen molar-refractivity contribution in [2.24, 2.45) is 0 Å². The topological polar surface area (TPSA) is 77.1 Å². The molecule has 186 valence electrons. The molecule has 0 aliphatic carbocycles. The van der Waals surface area contributed by atoms with E-state index in [1.54, 1.807) is 24.0 Å². The first-order valence-corrected chi connectivity index (χ1v) is 11.5. The van der Waals surface area contributed by atoms with Crippen LogP contribution >= 0.6 is 0 Å². The highest BCUT2D eigenvalue weighted by Gasteiger charge is 2.43. The van der Waals surface area contributed by atoms with Gasteiger partial charge in [-0.1, -0.05) is 6.07 Å². The molecule has 0 radical (unpaired) electrons. The molecule has 0 saturated carbocycles. The summed E-state index contributed by atoms with van der Waals surface area (Å²) in [6.45, 7) is 3.05. The van der Waals surface area contributed by atoms with Gasteiger partial charge >= 0.3 is 6.18 Å². The van der Waals surface area contributed by atoms with Gasteiger partial charge in [-0.25, -0.2) is 0 Å². The van der Waals surface area contributed by atoms with Gasteiger partial charge < -0.3 is 24.4 Å². The first-order chi connectivity index (χ1) is 16.6. The molecule has 2 amide bonds. The van der Waals surface area contributed by atoms with Crippen LogP contribution < -0.4 is 19.5 Å². The predicted molar refractivity (Wildman–Crippen MR) is 120 cm³/mol. The van der Waals surface area contributed by atoms with Gasteiger partial charge in [-0.3, -0.25) is 9.59 Å². The van der Waals surface area contributed by atoms with E-state index in [0.29, 0.717) is 30.6 Å². The van der Waals surface area contributed by atoms with E-state index < -0.39 is 18.2 Å². The van der Waals surface area contributed by atoms with Crippen molar-refractivity contribution in [1.29, 1.82) is 0 Å². The number of halogens is 3. The number of hydrogen-bond donors (Lipinski definition) is 1. The average molecular weight is 490 g/mol. The number of ether oxygens (including phenoxy) is 3. The fraction of sp³-hybridized carbons (Fsp3) is 0.440. The van der Waals surface area contributed by atoms with E-state index in [9.17, 15) is 22.8 Å². The van der Waals surface area contributed by atoms with Crippen LogP contribution in [0.25, 0.3) is 0 Å². The Bertz CT molecular complexity index is 1180. The summed E-state index contributed by atoms with van der Waals surface area (Å²) in [5.74, 6) is 0.150. The molecule has 3 aliphatic heterocycles. The summed E-state index contributed by atoms with van der Waals surface area (Å²) in [5, 5.41) is 2.84. The van der Waals surface area contributed by atoms with Gasteiger partial charge in [0.15, 0.2) is 6.10 Å². The Hall–Kier alpha value is -3.43. The fourth-order valence-electron chi connectivity index (χ4n) is 4.71. The minimum Gasteiger partial charge on any atom is -0.490 e. The Morgan fingerprint density at radius 1 is 1.17 bits per heavy atom. The minimum absolute atomic E-state index is 0.00802. The number of nitrogens with zero attached hydrogens (tertiary/aromatic N) is 1. The van der Waals surface area contributed by atoms with Crippen molar-refractivity contribution < 1.29 is 37.0 Å². The maximum Gasteiger partial charge on any atom is 0.425 e. The van der Waals surface area contributed by atoms with Gasteiger partial charge in [-0.05, 0) is 49.6 Å². The predicted octanol–water partition coefficient (Wildman–Crippen LogP) is 4.26. The van der Waals surface area contributed by atoms with Crippen LogP contribution in [0.2, 0.25) is 0 Å². The molecule has 1 N–H and O–H groups in total. The number of aryl methyl sites for hydroxylation is 2. The third-order valence-electron chi connectivity index (χ3n) is 6.54. The van der Waals surface area contributed by atoms with E-state index in [1.807, 2.05) is 12.1 Å². The van der Waals surface area contributed by atoms with Crippen molar-refractivity contribution in [3.63, 3.8) is 0 Å². The number of amides is 2. The highest BCUT2D eigenvalue weighted by atomic mass is 19.4. The van der Waals surface area contributed by atoms with E-state index in [1.165, 1.54) is 6.07 Å². The van der Waals surface area contributed by atoms with Gasteiger partial charge in [-0.2, -0.15) is 13.2 Å². The van der Waals surface area contributed by atoms with Crippen LogP contribution in [0, 0.1) is 6.92 Å². The smallest absolute Gasteiger partial charge is 0.425 e.